The van der Waals surface area contributed by atoms with Crippen LogP contribution in [0, 0.1) is 10.5 Å². The van der Waals surface area contributed by atoms with E-state index in [1.54, 1.807) is 0 Å². The third kappa shape index (κ3) is 2.71. The van der Waals surface area contributed by atoms with Gasteiger partial charge in [-0.3, -0.25) is 9.59 Å². The molecule has 0 bridgehead atoms. The number of carboxylic acid groups (broad SMARTS) is 1. The average Bonchev–Trinajstić information content (AvgIpc) is 3.24. The van der Waals surface area contributed by atoms with Gasteiger partial charge in [0.05, 0.1) is 5.52 Å². The molecule has 0 amide bonds. The molecule has 1 heterocycles. The number of benzene rings is 1. The van der Waals surface area contributed by atoms with E-state index in [1.165, 1.54) is 0 Å². The van der Waals surface area contributed by atoms with E-state index in [9.17, 15) is 9.59 Å². The van der Waals surface area contributed by atoms with Crippen molar-refractivity contribution in [2.24, 2.45) is 0 Å². The summed E-state index contributed by atoms with van der Waals surface area (Å²) in [6.07, 6.45) is 2.55. The number of hydrogen-bond donors (Lipinski definition) is 1. The van der Waals surface area contributed by atoms with Gasteiger partial charge in [-0.25, -0.2) is 0 Å². The van der Waals surface area contributed by atoms with E-state index in [2.05, 4.69) is 27.2 Å². The second-order valence-electron chi connectivity index (χ2n) is 5.55. The topological polar surface area (TPSA) is 59.3 Å². The number of halogens is 1. The van der Waals surface area contributed by atoms with Crippen molar-refractivity contribution in [3.8, 4) is 0 Å². The number of fused-ring (bicyclic) bond motifs is 1. The van der Waals surface area contributed by atoms with E-state index in [0.717, 1.165) is 27.6 Å². The molecule has 21 heavy (non-hydrogen) atoms. The fraction of sp³-hybridized carbons (Fsp3) is 0.375. The Morgan fingerprint density at radius 3 is 2.76 bits per heavy atom. The van der Waals surface area contributed by atoms with Gasteiger partial charge in [-0.15, -0.1) is 0 Å². The highest BCUT2D eigenvalue weighted by atomic mass is 127. The number of carboxylic acids is 1. The van der Waals surface area contributed by atoms with Crippen molar-refractivity contribution < 1.29 is 9.90 Å². The summed E-state index contributed by atoms with van der Waals surface area (Å²) in [7, 11) is 0. The Balaban J connectivity index is 2.26. The van der Waals surface area contributed by atoms with Crippen LogP contribution >= 0.6 is 22.6 Å². The SMILES string of the molecule is Cc1c(CCC(=O)O)c(=O)c2cc(I)ccc2n1C1CC1. The number of nitrogens with zero attached hydrogens (tertiary/aromatic N) is 1. The van der Waals surface area contributed by atoms with Crippen molar-refractivity contribution in [3.63, 3.8) is 0 Å². The maximum atomic E-state index is 12.7. The second-order valence-corrected chi connectivity index (χ2v) is 6.80. The summed E-state index contributed by atoms with van der Waals surface area (Å²) in [6, 6.07) is 6.38. The van der Waals surface area contributed by atoms with Gasteiger partial charge in [0.2, 0.25) is 0 Å². The van der Waals surface area contributed by atoms with E-state index < -0.39 is 5.97 Å². The van der Waals surface area contributed by atoms with Gasteiger partial charge in [0.25, 0.3) is 0 Å². The van der Waals surface area contributed by atoms with Crippen LogP contribution in [-0.2, 0) is 11.2 Å². The lowest BCUT2D eigenvalue weighted by Gasteiger charge is -2.17. The number of pyridine rings is 1. The van der Waals surface area contributed by atoms with Gasteiger partial charge >= 0.3 is 5.97 Å². The molecule has 5 heteroatoms. The minimum Gasteiger partial charge on any atom is -0.481 e. The molecule has 0 atom stereocenters. The van der Waals surface area contributed by atoms with Crippen LogP contribution in [0.15, 0.2) is 23.0 Å². The number of rotatable bonds is 4. The molecule has 1 aliphatic rings. The average molecular weight is 397 g/mol. The first-order valence-electron chi connectivity index (χ1n) is 7.04. The highest BCUT2D eigenvalue weighted by Gasteiger charge is 2.27. The zero-order valence-corrected chi connectivity index (χ0v) is 13.9. The maximum absolute atomic E-state index is 12.7. The molecule has 4 nitrogen and oxygen atoms in total. The summed E-state index contributed by atoms with van der Waals surface area (Å²) in [5, 5.41) is 9.60. The Kier molecular flexibility index (Phi) is 3.77. The summed E-state index contributed by atoms with van der Waals surface area (Å²) in [4.78, 5) is 23.5. The van der Waals surface area contributed by atoms with Gasteiger partial charge in [-0.1, -0.05) is 0 Å². The van der Waals surface area contributed by atoms with Crippen LogP contribution in [0.25, 0.3) is 10.9 Å². The number of carbonyl (C=O) groups is 1. The maximum Gasteiger partial charge on any atom is 0.303 e. The minimum absolute atomic E-state index is 0.00379. The standard InChI is InChI=1S/C16H16INO3/c1-9-12(5-7-15(19)20)16(21)13-8-10(17)2-6-14(13)18(9)11-3-4-11/h2,6,8,11H,3-5,7H2,1H3,(H,19,20). The van der Waals surface area contributed by atoms with Crippen molar-refractivity contribution in [2.45, 2.75) is 38.6 Å². The van der Waals surface area contributed by atoms with Gasteiger partial charge in [0.1, 0.15) is 0 Å². The van der Waals surface area contributed by atoms with Gasteiger partial charge in [-0.05, 0) is 67.0 Å². The van der Waals surface area contributed by atoms with Crippen LogP contribution in [0.5, 0.6) is 0 Å². The van der Waals surface area contributed by atoms with Gasteiger partial charge in [-0.2, -0.15) is 0 Å². The highest BCUT2D eigenvalue weighted by Crippen LogP contribution is 2.38. The Morgan fingerprint density at radius 2 is 2.14 bits per heavy atom. The molecule has 1 N–H and O–H groups in total. The number of hydrogen-bond acceptors (Lipinski definition) is 2. The van der Waals surface area contributed by atoms with Crippen LogP contribution in [0.3, 0.4) is 0 Å². The molecule has 1 aromatic carbocycles. The summed E-state index contributed by atoms with van der Waals surface area (Å²) < 4.78 is 3.25. The minimum atomic E-state index is -0.866. The summed E-state index contributed by atoms with van der Waals surface area (Å²) in [6.45, 7) is 1.94. The lowest BCUT2D eigenvalue weighted by molar-refractivity contribution is -0.136. The molecule has 1 aliphatic carbocycles. The molecule has 3 rings (SSSR count). The normalized spacial score (nSPS) is 14.6. The van der Waals surface area contributed by atoms with E-state index in [-0.39, 0.29) is 11.8 Å². The summed E-state index contributed by atoms with van der Waals surface area (Å²) in [5.74, 6) is -0.866. The van der Waals surface area contributed by atoms with Crippen LogP contribution in [-0.4, -0.2) is 15.6 Å². The van der Waals surface area contributed by atoms with Gasteiger partial charge in [0.15, 0.2) is 5.43 Å². The number of aliphatic carboxylic acids is 1. The van der Waals surface area contributed by atoms with Crippen molar-refractivity contribution in [3.05, 3.63) is 43.2 Å². The Morgan fingerprint density at radius 1 is 1.43 bits per heavy atom. The van der Waals surface area contributed by atoms with E-state index >= 15 is 0 Å². The summed E-state index contributed by atoms with van der Waals surface area (Å²) in [5.41, 5.74) is 2.54. The van der Waals surface area contributed by atoms with Crippen molar-refractivity contribution in [2.75, 3.05) is 0 Å². The van der Waals surface area contributed by atoms with Crippen LogP contribution < -0.4 is 5.43 Å². The zero-order valence-electron chi connectivity index (χ0n) is 11.7. The van der Waals surface area contributed by atoms with E-state index in [1.807, 2.05) is 25.1 Å². The molecule has 110 valence electrons. The Labute approximate surface area is 135 Å². The van der Waals surface area contributed by atoms with Crippen LogP contribution in [0.2, 0.25) is 0 Å². The first-order valence-corrected chi connectivity index (χ1v) is 8.12. The Hall–Kier alpha value is -1.37. The molecular weight excluding hydrogens is 381 g/mol. The van der Waals surface area contributed by atoms with Gasteiger partial charge < -0.3 is 9.67 Å². The molecule has 0 aliphatic heterocycles. The Bertz CT molecular complexity index is 790. The molecular formula is C16H16INO3. The predicted octanol–water partition coefficient (Wildman–Crippen LogP) is 3.27. The fourth-order valence-electron chi connectivity index (χ4n) is 2.88. The van der Waals surface area contributed by atoms with Crippen molar-refractivity contribution in [1.82, 2.24) is 4.57 Å². The molecule has 1 fully saturated rings. The fourth-order valence-corrected chi connectivity index (χ4v) is 3.37. The van der Waals surface area contributed by atoms with Crippen molar-refractivity contribution >= 4 is 39.5 Å². The molecule has 0 unspecified atom stereocenters. The smallest absolute Gasteiger partial charge is 0.303 e. The van der Waals surface area contributed by atoms with E-state index in [4.69, 9.17) is 5.11 Å². The van der Waals surface area contributed by atoms with Gasteiger partial charge in [0, 0.05) is 32.7 Å². The lowest BCUT2D eigenvalue weighted by Crippen LogP contribution is -2.19. The molecule has 0 radical (unpaired) electrons. The first-order chi connectivity index (χ1) is 9.99. The lowest BCUT2D eigenvalue weighted by atomic mass is 10.0. The van der Waals surface area contributed by atoms with E-state index in [0.29, 0.717) is 23.4 Å². The summed E-state index contributed by atoms with van der Waals surface area (Å²) >= 11 is 2.20. The zero-order chi connectivity index (χ0) is 15.1. The molecule has 2 aromatic rings. The third-order valence-corrected chi connectivity index (χ3v) is 4.71. The van der Waals surface area contributed by atoms with Crippen LogP contribution in [0.1, 0.15) is 36.6 Å². The predicted molar refractivity (Wildman–Crippen MR) is 89.9 cm³/mol. The molecule has 0 saturated heterocycles. The number of aromatic nitrogens is 1. The quantitative estimate of drug-likeness (QED) is 0.806. The molecule has 1 aromatic heterocycles. The second kappa shape index (κ2) is 5.44. The highest BCUT2D eigenvalue weighted by molar-refractivity contribution is 14.1. The monoisotopic (exact) mass is 397 g/mol. The van der Waals surface area contributed by atoms with Crippen molar-refractivity contribution in [1.29, 1.82) is 0 Å². The molecule has 1 saturated carbocycles. The molecule has 0 spiro atoms. The third-order valence-electron chi connectivity index (χ3n) is 4.04. The first kappa shape index (κ1) is 14.6. The van der Waals surface area contributed by atoms with Crippen LogP contribution in [0.4, 0.5) is 0 Å². The largest absolute Gasteiger partial charge is 0.481 e.